The van der Waals surface area contributed by atoms with Gasteiger partial charge in [0.25, 0.3) is 0 Å². The molecule has 0 aromatic carbocycles. The molecule has 4 atom stereocenters. The van der Waals surface area contributed by atoms with Crippen LogP contribution in [-0.4, -0.2) is 40.4 Å². The maximum absolute atomic E-state index is 11.2. The average Bonchev–Trinajstić information content (AvgIpc) is 2.37. The Kier molecular flexibility index (Phi) is 7.04. The molecule has 4 heteroatoms. The van der Waals surface area contributed by atoms with Crippen LogP contribution in [0.2, 0.25) is 0 Å². The van der Waals surface area contributed by atoms with Crippen molar-refractivity contribution >= 4 is 6.29 Å². The largest absolute Gasteiger partial charge is 0.396 e. The molecule has 108 valence electrons. The summed E-state index contributed by atoms with van der Waals surface area (Å²) in [5.74, 6) is 0. The smallest absolute Gasteiger partial charge is 0.128 e. The standard InChI is InChI=1S/C14H28O4/c1-5-7-13(3,9-15)11(17)12(18)14(4,10-16)8-6-2/h9,11-12,16-18H,5-8,10H2,1-4H3. The average molecular weight is 260 g/mol. The predicted octanol–water partition coefficient (Wildman–Crippen LogP) is 1.51. The van der Waals surface area contributed by atoms with Gasteiger partial charge in [-0.1, -0.05) is 40.5 Å². The quantitative estimate of drug-likeness (QED) is 0.549. The van der Waals surface area contributed by atoms with E-state index in [1.54, 1.807) is 13.8 Å². The van der Waals surface area contributed by atoms with Crippen molar-refractivity contribution in [3.63, 3.8) is 0 Å². The van der Waals surface area contributed by atoms with E-state index in [0.717, 1.165) is 12.8 Å². The highest BCUT2D eigenvalue weighted by atomic mass is 16.3. The molecule has 0 bridgehead atoms. The summed E-state index contributed by atoms with van der Waals surface area (Å²) < 4.78 is 0. The molecule has 4 unspecified atom stereocenters. The van der Waals surface area contributed by atoms with Crippen LogP contribution in [0.4, 0.5) is 0 Å². The topological polar surface area (TPSA) is 77.8 Å². The molecule has 0 rings (SSSR count). The number of aldehydes is 1. The lowest BCUT2D eigenvalue weighted by Crippen LogP contribution is -2.51. The third-order valence-corrected chi connectivity index (χ3v) is 3.93. The lowest BCUT2D eigenvalue weighted by atomic mass is 9.70. The summed E-state index contributed by atoms with van der Waals surface area (Å²) in [6, 6.07) is 0. The fourth-order valence-electron chi connectivity index (χ4n) is 2.45. The second-order valence-electron chi connectivity index (χ2n) is 5.83. The van der Waals surface area contributed by atoms with Crippen molar-refractivity contribution in [2.24, 2.45) is 10.8 Å². The van der Waals surface area contributed by atoms with Crippen molar-refractivity contribution in [1.29, 1.82) is 0 Å². The first-order valence-electron chi connectivity index (χ1n) is 6.74. The summed E-state index contributed by atoms with van der Waals surface area (Å²) in [6.07, 6.45) is 1.12. The number of hydrogen-bond donors (Lipinski definition) is 3. The third-order valence-electron chi connectivity index (χ3n) is 3.93. The first-order valence-corrected chi connectivity index (χ1v) is 6.74. The highest BCUT2D eigenvalue weighted by molar-refractivity contribution is 5.60. The summed E-state index contributed by atoms with van der Waals surface area (Å²) in [4.78, 5) is 11.2. The molecule has 0 aliphatic carbocycles. The van der Waals surface area contributed by atoms with Gasteiger partial charge in [-0.25, -0.2) is 0 Å². The van der Waals surface area contributed by atoms with Crippen molar-refractivity contribution in [2.75, 3.05) is 6.61 Å². The SMILES string of the molecule is CCCC(C)(C=O)C(O)C(O)C(C)(CO)CCC. The van der Waals surface area contributed by atoms with Gasteiger partial charge in [-0.05, 0) is 12.8 Å². The molecule has 0 aliphatic rings. The van der Waals surface area contributed by atoms with Crippen LogP contribution in [0.3, 0.4) is 0 Å². The van der Waals surface area contributed by atoms with Crippen LogP contribution in [0.5, 0.6) is 0 Å². The van der Waals surface area contributed by atoms with E-state index in [1.807, 2.05) is 13.8 Å². The molecule has 0 heterocycles. The van der Waals surface area contributed by atoms with Gasteiger partial charge in [0.2, 0.25) is 0 Å². The zero-order valence-corrected chi connectivity index (χ0v) is 12.0. The van der Waals surface area contributed by atoms with Crippen LogP contribution < -0.4 is 0 Å². The van der Waals surface area contributed by atoms with E-state index in [0.29, 0.717) is 19.1 Å². The molecule has 0 aromatic rings. The van der Waals surface area contributed by atoms with E-state index in [9.17, 15) is 20.1 Å². The van der Waals surface area contributed by atoms with Crippen molar-refractivity contribution < 1.29 is 20.1 Å². The second-order valence-corrected chi connectivity index (χ2v) is 5.83. The number of hydrogen-bond acceptors (Lipinski definition) is 4. The van der Waals surface area contributed by atoms with Crippen LogP contribution in [0.15, 0.2) is 0 Å². The van der Waals surface area contributed by atoms with Crippen molar-refractivity contribution in [1.82, 2.24) is 0 Å². The normalized spacial score (nSPS) is 21.7. The fourth-order valence-corrected chi connectivity index (χ4v) is 2.45. The van der Waals surface area contributed by atoms with E-state index in [-0.39, 0.29) is 6.61 Å². The number of carbonyl (C=O) groups is 1. The van der Waals surface area contributed by atoms with Crippen LogP contribution >= 0.6 is 0 Å². The number of aliphatic hydroxyl groups is 3. The Balaban J connectivity index is 5.04. The van der Waals surface area contributed by atoms with Gasteiger partial charge in [0, 0.05) is 5.41 Å². The molecular formula is C14H28O4. The molecule has 4 nitrogen and oxygen atoms in total. The van der Waals surface area contributed by atoms with Gasteiger partial charge in [-0.2, -0.15) is 0 Å². The van der Waals surface area contributed by atoms with E-state index < -0.39 is 23.0 Å². The van der Waals surface area contributed by atoms with E-state index in [4.69, 9.17) is 0 Å². The summed E-state index contributed by atoms with van der Waals surface area (Å²) in [5, 5.41) is 30.0. The molecule has 0 amide bonds. The molecule has 0 radical (unpaired) electrons. The van der Waals surface area contributed by atoms with E-state index in [2.05, 4.69) is 0 Å². The number of aliphatic hydroxyl groups excluding tert-OH is 3. The molecule has 18 heavy (non-hydrogen) atoms. The molecule has 0 saturated carbocycles. The Morgan fingerprint density at radius 2 is 1.56 bits per heavy atom. The van der Waals surface area contributed by atoms with Crippen molar-refractivity contribution in [2.45, 2.75) is 65.6 Å². The van der Waals surface area contributed by atoms with Crippen LogP contribution in [0.1, 0.15) is 53.4 Å². The molecule has 3 N–H and O–H groups in total. The molecular weight excluding hydrogens is 232 g/mol. The lowest BCUT2D eigenvalue weighted by molar-refractivity contribution is -0.144. The molecule has 0 aromatic heterocycles. The second kappa shape index (κ2) is 7.22. The maximum Gasteiger partial charge on any atom is 0.128 e. The molecule has 0 fully saturated rings. The zero-order valence-electron chi connectivity index (χ0n) is 12.0. The van der Waals surface area contributed by atoms with Crippen LogP contribution in [0.25, 0.3) is 0 Å². The summed E-state index contributed by atoms with van der Waals surface area (Å²) >= 11 is 0. The van der Waals surface area contributed by atoms with E-state index >= 15 is 0 Å². The van der Waals surface area contributed by atoms with Gasteiger partial charge in [0.15, 0.2) is 0 Å². The van der Waals surface area contributed by atoms with Gasteiger partial charge in [-0.3, -0.25) is 0 Å². The lowest BCUT2D eigenvalue weighted by Gasteiger charge is -2.41. The molecule has 0 saturated heterocycles. The minimum Gasteiger partial charge on any atom is -0.396 e. The Labute approximate surface area is 110 Å². The van der Waals surface area contributed by atoms with Gasteiger partial charge < -0.3 is 20.1 Å². The maximum atomic E-state index is 11.2. The number of carbonyl (C=O) groups excluding carboxylic acids is 1. The first kappa shape index (κ1) is 17.6. The van der Waals surface area contributed by atoms with Crippen molar-refractivity contribution in [3.05, 3.63) is 0 Å². The zero-order chi connectivity index (χ0) is 14.4. The minimum atomic E-state index is -1.15. The van der Waals surface area contributed by atoms with Gasteiger partial charge >= 0.3 is 0 Å². The summed E-state index contributed by atoms with van der Waals surface area (Å²) in [6.45, 7) is 7.07. The van der Waals surface area contributed by atoms with Crippen molar-refractivity contribution in [3.8, 4) is 0 Å². The predicted molar refractivity (Wildman–Crippen MR) is 71.2 cm³/mol. The monoisotopic (exact) mass is 260 g/mol. The Morgan fingerprint density at radius 3 is 1.89 bits per heavy atom. The summed E-state index contributed by atoms with van der Waals surface area (Å²) in [7, 11) is 0. The van der Waals surface area contributed by atoms with Gasteiger partial charge in [-0.15, -0.1) is 0 Å². The van der Waals surface area contributed by atoms with Gasteiger partial charge in [0.05, 0.1) is 24.2 Å². The molecule has 0 aliphatic heterocycles. The Bertz CT molecular complexity index is 256. The fraction of sp³-hybridized carbons (Fsp3) is 0.929. The highest BCUT2D eigenvalue weighted by Crippen LogP contribution is 2.36. The Hall–Kier alpha value is -0.450. The van der Waals surface area contributed by atoms with Gasteiger partial charge in [0.1, 0.15) is 6.29 Å². The molecule has 0 spiro atoms. The minimum absolute atomic E-state index is 0.208. The van der Waals surface area contributed by atoms with Crippen LogP contribution in [0, 0.1) is 10.8 Å². The number of rotatable bonds is 9. The first-order chi connectivity index (χ1) is 8.31. The summed E-state index contributed by atoms with van der Waals surface area (Å²) in [5.41, 5.74) is -1.73. The Morgan fingerprint density at radius 1 is 1.06 bits per heavy atom. The highest BCUT2D eigenvalue weighted by Gasteiger charge is 2.44. The van der Waals surface area contributed by atoms with Crippen LogP contribution in [-0.2, 0) is 4.79 Å². The van der Waals surface area contributed by atoms with E-state index in [1.165, 1.54) is 0 Å². The third kappa shape index (κ3) is 3.77.